The molecule has 0 bridgehead atoms. The molecule has 0 amide bonds. The van der Waals surface area contributed by atoms with Crippen LogP contribution >= 0.6 is 0 Å². The number of aryl methyl sites for hydroxylation is 1. The maximum absolute atomic E-state index is 6.34. The minimum atomic E-state index is 0.914. The summed E-state index contributed by atoms with van der Waals surface area (Å²) < 4.78 is 6.34. The minimum absolute atomic E-state index is 0.914. The molecule has 0 saturated carbocycles. The number of para-hydroxylation sites is 3. The van der Waals surface area contributed by atoms with Crippen LogP contribution < -0.4 is 4.90 Å². The van der Waals surface area contributed by atoms with Gasteiger partial charge in [-0.25, -0.2) is 0 Å². The lowest BCUT2D eigenvalue weighted by Gasteiger charge is -2.26. The van der Waals surface area contributed by atoms with Gasteiger partial charge in [-0.15, -0.1) is 0 Å². The van der Waals surface area contributed by atoms with Gasteiger partial charge < -0.3 is 14.3 Å². The van der Waals surface area contributed by atoms with E-state index in [0.717, 1.165) is 55.6 Å². The molecule has 0 aliphatic rings. The average Bonchev–Trinajstić information content (AvgIpc) is 3.68. The Hall–Kier alpha value is -6.06. The highest BCUT2D eigenvalue weighted by atomic mass is 16.3. The summed E-state index contributed by atoms with van der Waals surface area (Å²) in [5, 5.41) is 4.78. The highest BCUT2D eigenvalue weighted by Crippen LogP contribution is 2.40. The molecule has 3 heteroatoms. The molecule has 0 atom stereocenters. The van der Waals surface area contributed by atoms with Crippen LogP contribution in [0.2, 0.25) is 0 Å². The summed E-state index contributed by atoms with van der Waals surface area (Å²) in [5.41, 5.74) is 13.3. The van der Waals surface area contributed by atoms with E-state index in [1.165, 1.54) is 33.0 Å². The van der Waals surface area contributed by atoms with E-state index in [0.29, 0.717) is 0 Å². The molecule has 3 nitrogen and oxygen atoms in total. The molecule has 218 valence electrons. The molecule has 0 aliphatic heterocycles. The smallest absolute Gasteiger partial charge is 0.143 e. The van der Waals surface area contributed by atoms with Crippen LogP contribution in [0.25, 0.3) is 66.0 Å². The normalized spacial score (nSPS) is 11.6. The average molecular weight is 591 g/mol. The van der Waals surface area contributed by atoms with Crippen LogP contribution in [-0.2, 0) is 0 Å². The summed E-state index contributed by atoms with van der Waals surface area (Å²) in [4.78, 5) is 5.86. The molecule has 0 aliphatic carbocycles. The number of rotatable bonds is 5. The number of hydrogen-bond donors (Lipinski definition) is 1. The van der Waals surface area contributed by atoms with E-state index in [4.69, 9.17) is 4.42 Å². The maximum Gasteiger partial charge on any atom is 0.143 e. The van der Waals surface area contributed by atoms with Gasteiger partial charge in [0.1, 0.15) is 11.2 Å². The lowest BCUT2D eigenvalue weighted by molar-refractivity contribution is 0.670. The van der Waals surface area contributed by atoms with E-state index < -0.39 is 0 Å². The van der Waals surface area contributed by atoms with Gasteiger partial charge in [0.15, 0.2) is 0 Å². The second-order valence-corrected chi connectivity index (χ2v) is 12.0. The monoisotopic (exact) mass is 590 g/mol. The van der Waals surface area contributed by atoms with Gasteiger partial charge in [-0.05, 0) is 84.3 Å². The Kier molecular flexibility index (Phi) is 6.04. The summed E-state index contributed by atoms with van der Waals surface area (Å²) in [6.07, 6.45) is 0. The molecule has 9 aromatic rings. The second-order valence-electron chi connectivity index (χ2n) is 12.0. The van der Waals surface area contributed by atoms with Crippen LogP contribution in [0.1, 0.15) is 5.56 Å². The Labute approximate surface area is 267 Å². The van der Waals surface area contributed by atoms with Crippen LogP contribution in [0.15, 0.2) is 162 Å². The Morgan fingerprint density at radius 2 is 1.04 bits per heavy atom. The number of hydrogen-bond acceptors (Lipinski definition) is 2. The molecular weight excluding hydrogens is 560 g/mol. The number of nitrogens with one attached hydrogen (secondary N) is 1. The van der Waals surface area contributed by atoms with E-state index in [-0.39, 0.29) is 0 Å². The maximum atomic E-state index is 6.34. The van der Waals surface area contributed by atoms with E-state index >= 15 is 0 Å². The van der Waals surface area contributed by atoms with Crippen LogP contribution in [0.4, 0.5) is 17.1 Å². The molecule has 0 radical (unpaired) electrons. The summed E-state index contributed by atoms with van der Waals surface area (Å²) in [6.45, 7) is 2.13. The number of nitrogens with zero attached hydrogens (tertiary/aromatic N) is 1. The van der Waals surface area contributed by atoms with Crippen LogP contribution in [-0.4, -0.2) is 4.98 Å². The predicted octanol–water partition coefficient (Wildman–Crippen LogP) is 12.3. The lowest BCUT2D eigenvalue weighted by atomic mass is 10.0. The Morgan fingerprint density at radius 1 is 0.457 bits per heavy atom. The zero-order valence-corrected chi connectivity index (χ0v) is 25.4. The summed E-state index contributed by atoms with van der Waals surface area (Å²) in [6, 6.07) is 56.2. The third kappa shape index (κ3) is 4.36. The molecule has 0 saturated heterocycles. The SMILES string of the molecule is Cc1ccc(N(c2ccc(-c3ccc4[nH]c5ccccc5c4c3)cc2)c2ccc(-c3cccc4c3oc3ccccc34)cc2)cc1. The first kappa shape index (κ1) is 26.4. The molecule has 0 fully saturated rings. The fraction of sp³-hybridized carbons (Fsp3) is 0.0233. The van der Waals surface area contributed by atoms with Gasteiger partial charge in [0.25, 0.3) is 0 Å². The lowest BCUT2D eigenvalue weighted by Crippen LogP contribution is -2.09. The molecule has 9 rings (SSSR count). The van der Waals surface area contributed by atoms with Crippen LogP contribution in [0.3, 0.4) is 0 Å². The van der Waals surface area contributed by atoms with E-state index in [1.807, 2.05) is 12.1 Å². The van der Waals surface area contributed by atoms with Gasteiger partial charge in [0.05, 0.1) is 0 Å². The molecule has 7 aromatic carbocycles. The van der Waals surface area contributed by atoms with Crippen molar-refractivity contribution < 1.29 is 4.42 Å². The van der Waals surface area contributed by atoms with Crippen molar-refractivity contribution in [1.82, 2.24) is 4.98 Å². The van der Waals surface area contributed by atoms with Gasteiger partial charge in [-0.3, -0.25) is 0 Å². The van der Waals surface area contributed by atoms with Gasteiger partial charge in [-0.1, -0.05) is 103 Å². The van der Waals surface area contributed by atoms with Crippen molar-refractivity contribution in [1.29, 1.82) is 0 Å². The minimum Gasteiger partial charge on any atom is -0.455 e. The highest BCUT2D eigenvalue weighted by molar-refractivity contribution is 6.10. The fourth-order valence-electron chi connectivity index (χ4n) is 6.74. The number of benzene rings is 7. The first-order valence-electron chi connectivity index (χ1n) is 15.7. The molecule has 2 aromatic heterocycles. The van der Waals surface area contributed by atoms with Crippen LogP contribution in [0, 0.1) is 6.92 Å². The largest absolute Gasteiger partial charge is 0.455 e. The quantitative estimate of drug-likeness (QED) is 0.216. The zero-order chi connectivity index (χ0) is 30.6. The first-order valence-corrected chi connectivity index (χ1v) is 15.7. The number of aromatic amines is 1. The Morgan fingerprint density at radius 3 is 1.80 bits per heavy atom. The molecule has 2 heterocycles. The van der Waals surface area contributed by atoms with Crippen molar-refractivity contribution in [3.63, 3.8) is 0 Å². The number of fused-ring (bicyclic) bond motifs is 6. The summed E-state index contributed by atoms with van der Waals surface area (Å²) in [7, 11) is 0. The van der Waals surface area contributed by atoms with Crippen molar-refractivity contribution in [2.45, 2.75) is 6.92 Å². The standard InChI is InChI=1S/C43H30N2O/c1-28-13-20-32(21-14-28)45(33-22-15-29(16-23-33)31-19-26-41-39(27-31)36-7-2-4-11-40(36)44-41)34-24-17-30(18-25-34)35-9-6-10-38-37-8-3-5-12-42(37)46-43(35)38/h2-27,44H,1H3. The first-order chi connectivity index (χ1) is 22.7. The summed E-state index contributed by atoms with van der Waals surface area (Å²) in [5.74, 6) is 0. The Balaban J connectivity index is 1.10. The van der Waals surface area contributed by atoms with Crippen molar-refractivity contribution in [3.05, 3.63) is 163 Å². The van der Waals surface area contributed by atoms with Gasteiger partial charge in [0.2, 0.25) is 0 Å². The van der Waals surface area contributed by atoms with E-state index in [9.17, 15) is 0 Å². The predicted molar refractivity (Wildman–Crippen MR) is 193 cm³/mol. The highest BCUT2D eigenvalue weighted by Gasteiger charge is 2.16. The molecule has 0 spiro atoms. The topological polar surface area (TPSA) is 32.2 Å². The van der Waals surface area contributed by atoms with Crippen molar-refractivity contribution in [2.24, 2.45) is 0 Å². The van der Waals surface area contributed by atoms with Crippen LogP contribution in [0.5, 0.6) is 0 Å². The molecule has 0 unspecified atom stereocenters. The summed E-state index contributed by atoms with van der Waals surface area (Å²) >= 11 is 0. The third-order valence-electron chi connectivity index (χ3n) is 9.10. The number of H-pyrrole nitrogens is 1. The number of furan rings is 1. The second kappa shape index (κ2) is 10.5. The van der Waals surface area contributed by atoms with Crippen molar-refractivity contribution >= 4 is 60.8 Å². The van der Waals surface area contributed by atoms with Crippen molar-refractivity contribution in [2.75, 3.05) is 4.90 Å². The zero-order valence-electron chi connectivity index (χ0n) is 25.4. The molecule has 46 heavy (non-hydrogen) atoms. The fourth-order valence-corrected chi connectivity index (χ4v) is 6.74. The molecule has 1 N–H and O–H groups in total. The Bertz CT molecular complexity index is 2520. The van der Waals surface area contributed by atoms with E-state index in [1.54, 1.807) is 0 Å². The molecular formula is C43H30N2O. The van der Waals surface area contributed by atoms with Crippen molar-refractivity contribution in [3.8, 4) is 22.3 Å². The van der Waals surface area contributed by atoms with Gasteiger partial charge in [-0.2, -0.15) is 0 Å². The number of anilines is 3. The van der Waals surface area contributed by atoms with Gasteiger partial charge in [0, 0.05) is 55.2 Å². The number of aromatic nitrogens is 1. The van der Waals surface area contributed by atoms with Gasteiger partial charge >= 0.3 is 0 Å². The van der Waals surface area contributed by atoms with E-state index in [2.05, 4.69) is 162 Å². The third-order valence-corrected chi connectivity index (χ3v) is 9.10.